The number of aromatic amines is 1. The predicted molar refractivity (Wildman–Crippen MR) is 70.7 cm³/mol. The zero-order chi connectivity index (χ0) is 15.0. The van der Waals surface area contributed by atoms with Crippen molar-refractivity contribution < 1.29 is 17.2 Å². The summed E-state index contributed by atoms with van der Waals surface area (Å²) >= 11 is 0. The van der Waals surface area contributed by atoms with Crippen molar-refractivity contribution in [3.63, 3.8) is 0 Å². The van der Waals surface area contributed by atoms with E-state index in [2.05, 4.69) is 9.97 Å². The number of hydrogen-bond donors (Lipinski definition) is 1. The molecule has 0 bridgehead atoms. The normalized spacial score (nSPS) is 15.6. The second-order valence-corrected chi connectivity index (χ2v) is 6.79. The summed E-state index contributed by atoms with van der Waals surface area (Å²) in [5.41, 5.74) is 0.145. The minimum atomic E-state index is -3.76. The van der Waals surface area contributed by atoms with Gasteiger partial charge in [-0.2, -0.15) is 4.31 Å². The molecule has 1 aliphatic rings. The van der Waals surface area contributed by atoms with Gasteiger partial charge in [0, 0.05) is 24.2 Å². The van der Waals surface area contributed by atoms with Crippen LogP contribution in [0.4, 0.5) is 8.78 Å². The molecule has 2 aromatic rings. The lowest BCUT2D eigenvalue weighted by Gasteiger charge is -2.21. The van der Waals surface area contributed by atoms with Crippen LogP contribution in [0.2, 0.25) is 0 Å². The Labute approximate surface area is 120 Å². The Bertz CT molecular complexity index is 743. The van der Waals surface area contributed by atoms with E-state index in [1.54, 1.807) is 0 Å². The van der Waals surface area contributed by atoms with E-state index < -0.39 is 21.7 Å². The van der Waals surface area contributed by atoms with Gasteiger partial charge in [-0.15, -0.1) is 0 Å². The van der Waals surface area contributed by atoms with E-state index in [4.69, 9.17) is 0 Å². The van der Waals surface area contributed by atoms with Crippen LogP contribution in [-0.2, 0) is 16.6 Å². The largest absolute Gasteiger partial charge is 0.335 e. The zero-order valence-electron chi connectivity index (χ0n) is 11.0. The summed E-state index contributed by atoms with van der Waals surface area (Å²) in [4.78, 5) is 6.26. The van der Waals surface area contributed by atoms with Crippen LogP contribution in [0, 0.1) is 11.6 Å². The third-order valence-corrected chi connectivity index (χ3v) is 5.18. The molecule has 0 radical (unpaired) electrons. The Kier molecular flexibility index (Phi) is 3.50. The standard InChI is InChI=1S/C13H13F2N3O2S/c14-10-2-1-9(12(15)5-10)7-18(11-3-4-11)21(19,20)13-6-16-8-17-13/h1-2,5-6,8,11H,3-4,7H2,(H,16,17). The summed E-state index contributed by atoms with van der Waals surface area (Å²) in [5.74, 6) is -1.44. The third kappa shape index (κ3) is 2.81. The Morgan fingerprint density at radius 1 is 1.33 bits per heavy atom. The minimum absolute atomic E-state index is 0.0306. The second-order valence-electron chi connectivity index (χ2n) is 4.93. The van der Waals surface area contributed by atoms with E-state index in [0.29, 0.717) is 0 Å². The molecular formula is C13H13F2N3O2S. The van der Waals surface area contributed by atoms with Gasteiger partial charge in [0.15, 0.2) is 5.03 Å². The van der Waals surface area contributed by atoms with E-state index in [0.717, 1.165) is 25.0 Å². The average Bonchev–Trinajstić information content (AvgIpc) is 3.09. The summed E-state index contributed by atoms with van der Waals surface area (Å²) in [6.07, 6.45) is 3.95. The summed E-state index contributed by atoms with van der Waals surface area (Å²) in [7, 11) is -3.76. The van der Waals surface area contributed by atoms with Crippen molar-refractivity contribution in [3.8, 4) is 0 Å². The highest BCUT2D eigenvalue weighted by Crippen LogP contribution is 2.33. The summed E-state index contributed by atoms with van der Waals surface area (Å²) in [5, 5.41) is -0.0306. The quantitative estimate of drug-likeness (QED) is 0.918. The maximum atomic E-state index is 13.7. The molecule has 0 aliphatic heterocycles. The van der Waals surface area contributed by atoms with Crippen LogP contribution in [0.5, 0.6) is 0 Å². The minimum Gasteiger partial charge on any atom is -0.335 e. The smallest absolute Gasteiger partial charge is 0.260 e. The third-order valence-electron chi connectivity index (χ3n) is 3.36. The molecule has 1 aliphatic carbocycles. The molecule has 1 aromatic carbocycles. The van der Waals surface area contributed by atoms with Gasteiger partial charge in [0.05, 0.1) is 12.5 Å². The number of aromatic nitrogens is 2. The van der Waals surface area contributed by atoms with Crippen LogP contribution in [0.15, 0.2) is 35.7 Å². The van der Waals surface area contributed by atoms with Gasteiger partial charge in [-0.1, -0.05) is 6.07 Å². The number of halogens is 2. The molecule has 0 spiro atoms. The lowest BCUT2D eigenvalue weighted by Crippen LogP contribution is -2.33. The van der Waals surface area contributed by atoms with Crippen LogP contribution in [-0.4, -0.2) is 28.7 Å². The molecule has 8 heteroatoms. The van der Waals surface area contributed by atoms with Gasteiger partial charge < -0.3 is 4.98 Å². The van der Waals surface area contributed by atoms with Crippen LogP contribution >= 0.6 is 0 Å². The molecule has 0 amide bonds. The molecule has 1 heterocycles. The first-order valence-corrected chi connectivity index (χ1v) is 7.86. The van der Waals surface area contributed by atoms with Gasteiger partial charge in [-0.3, -0.25) is 0 Å². The average molecular weight is 313 g/mol. The zero-order valence-corrected chi connectivity index (χ0v) is 11.8. The first-order chi connectivity index (χ1) is 9.98. The molecule has 0 atom stereocenters. The van der Waals surface area contributed by atoms with E-state index in [1.165, 1.54) is 22.9 Å². The van der Waals surface area contributed by atoms with Gasteiger partial charge in [-0.25, -0.2) is 22.2 Å². The molecule has 0 saturated heterocycles. The van der Waals surface area contributed by atoms with E-state index in [9.17, 15) is 17.2 Å². The lowest BCUT2D eigenvalue weighted by atomic mass is 10.2. The molecule has 1 fully saturated rings. The van der Waals surface area contributed by atoms with Crippen molar-refractivity contribution in [2.24, 2.45) is 0 Å². The van der Waals surface area contributed by atoms with Crippen LogP contribution in [0.3, 0.4) is 0 Å². The topological polar surface area (TPSA) is 66.1 Å². The maximum Gasteiger partial charge on any atom is 0.260 e. The first kappa shape index (κ1) is 14.2. The van der Waals surface area contributed by atoms with Gasteiger partial charge in [-0.05, 0) is 18.9 Å². The van der Waals surface area contributed by atoms with Gasteiger partial charge in [0.2, 0.25) is 0 Å². The van der Waals surface area contributed by atoms with Crippen LogP contribution < -0.4 is 0 Å². The van der Waals surface area contributed by atoms with E-state index in [1.807, 2.05) is 0 Å². The first-order valence-electron chi connectivity index (χ1n) is 6.42. The molecule has 5 nitrogen and oxygen atoms in total. The van der Waals surface area contributed by atoms with Gasteiger partial charge >= 0.3 is 0 Å². The Hall–Kier alpha value is -1.80. The van der Waals surface area contributed by atoms with Crippen molar-refractivity contribution in [1.82, 2.24) is 14.3 Å². The summed E-state index contributed by atoms with van der Waals surface area (Å²) < 4.78 is 52.9. The maximum absolute atomic E-state index is 13.7. The van der Waals surface area contributed by atoms with Gasteiger partial charge in [0.1, 0.15) is 11.6 Å². The number of rotatable bonds is 5. The highest BCUT2D eigenvalue weighted by Gasteiger charge is 2.39. The number of hydrogen-bond acceptors (Lipinski definition) is 3. The predicted octanol–water partition coefficient (Wildman–Crippen LogP) is 2.04. The molecule has 3 rings (SSSR count). The molecule has 0 unspecified atom stereocenters. The highest BCUT2D eigenvalue weighted by atomic mass is 32.2. The molecule has 1 aromatic heterocycles. The Morgan fingerprint density at radius 3 is 2.67 bits per heavy atom. The number of H-pyrrole nitrogens is 1. The molecule has 1 saturated carbocycles. The molecule has 112 valence electrons. The van der Waals surface area contributed by atoms with E-state index in [-0.39, 0.29) is 23.2 Å². The lowest BCUT2D eigenvalue weighted by molar-refractivity contribution is 0.389. The van der Waals surface area contributed by atoms with Crippen molar-refractivity contribution in [2.75, 3.05) is 0 Å². The molecule has 1 N–H and O–H groups in total. The van der Waals surface area contributed by atoms with Crippen molar-refractivity contribution in [3.05, 3.63) is 47.9 Å². The Balaban J connectivity index is 1.93. The SMILES string of the molecule is O=S(=O)(c1cnc[nH]1)N(Cc1ccc(F)cc1F)C1CC1. The molecule has 21 heavy (non-hydrogen) atoms. The monoisotopic (exact) mass is 313 g/mol. The highest BCUT2D eigenvalue weighted by molar-refractivity contribution is 7.89. The van der Waals surface area contributed by atoms with Crippen molar-refractivity contribution >= 4 is 10.0 Å². The second kappa shape index (κ2) is 5.19. The number of nitrogens with one attached hydrogen (secondary N) is 1. The fourth-order valence-electron chi connectivity index (χ4n) is 2.10. The number of sulfonamides is 1. The number of nitrogens with zero attached hydrogens (tertiary/aromatic N) is 2. The fraction of sp³-hybridized carbons (Fsp3) is 0.308. The van der Waals surface area contributed by atoms with Crippen molar-refractivity contribution in [2.45, 2.75) is 30.5 Å². The van der Waals surface area contributed by atoms with Gasteiger partial charge in [0.25, 0.3) is 10.0 Å². The number of imidazole rings is 1. The van der Waals surface area contributed by atoms with Crippen molar-refractivity contribution in [1.29, 1.82) is 0 Å². The fourth-order valence-corrected chi connectivity index (χ4v) is 3.66. The Morgan fingerprint density at radius 2 is 2.10 bits per heavy atom. The van der Waals surface area contributed by atoms with Crippen LogP contribution in [0.25, 0.3) is 0 Å². The summed E-state index contributed by atoms with van der Waals surface area (Å²) in [6.45, 7) is -0.127. The number of benzene rings is 1. The summed E-state index contributed by atoms with van der Waals surface area (Å²) in [6, 6.07) is 2.99. The van der Waals surface area contributed by atoms with Crippen LogP contribution in [0.1, 0.15) is 18.4 Å². The van der Waals surface area contributed by atoms with E-state index >= 15 is 0 Å². The molecular weight excluding hydrogens is 300 g/mol.